The van der Waals surface area contributed by atoms with Gasteiger partial charge in [-0.15, -0.1) is 0 Å². The van der Waals surface area contributed by atoms with Crippen LogP contribution in [0.1, 0.15) is 21.3 Å². The van der Waals surface area contributed by atoms with Crippen molar-refractivity contribution in [1.82, 2.24) is 0 Å². The van der Waals surface area contributed by atoms with E-state index in [2.05, 4.69) is 15.9 Å². The molecule has 0 aliphatic rings. The third-order valence-corrected chi connectivity index (χ3v) is 3.51. The van der Waals surface area contributed by atoms with E-state index < -0.39 is 0 Å². The van der Waals surface area contributed by atoms with Crippen LogP contribution in [-0.2, 0) is 23.7 Å². The number of hydrogen-bond acceptors (Lipinski definition) is 7. The molecule has 6 nitrogen and oxygen atoms in total. The highest BCUT2D eigenvalue weighted by atomic mass is 79.9. The molecule has 0 bridgehead atoms. The molecule has 0 aliphatic carbocycles. The Hall–Kier alpha value is 0.590. The van der Waals surface area contributed by atoms with Crippen LogP contribution in [-0.4, -0.2) is 95.6 Å². The summed E-state index contributed by atoms with van der Waals surface area (Å²) >= 11 is 5.05. The summed E-state index contributed by atoms with van der Waals surface area (Å²) < 4.78 is 25.2. The smallest absolute Gasteiger partial charge is 0.0700 e. The summed E-state index contributed by atoms with van der Waals surface area (Å²) in [5, 5.41) is 9.40. The predicted molar refractivity (Wildman–Crippen MR) is 112 cm³/mol. The van der Waals surface area contributed by atoms with E-state index in [0.717, 1.165) is 43.1 Å². The fourth-order valence-electron chi connectivity index (χ4n) is 1.15. The van der Waals surface area contributed by atoms with E-state index in [1.807, 2.05) is 11.8 Å². The van der Waals surface area contributed by atoms with Crippen LogP contribution in [0.15, 0.2) is 0 Å². The molecule has 8 heteroatoms. The number of halogens is 1. The lowest BCUT2D eigenvalue weighted by atomic mass is 10.5. The first-order chi connectivity index (χ1) is 11.3. The zero-order valence-electron chi connectivity index (χ0n) is 14.5. The zero-order chi connectivity index (χ0) is 17.4. The quantitative estimate of drug-likeness (QED) is 0.268. The highest BCUT2D eigenvalue weighted by Crippen LogP contribution is 1.99. The van der Waals surface area contributed by atoms with E-state index in [0.29, 0.717) is 33.0 Å². The molecule has 158 valence electrons. The van der Waals surface area contributed by atoms with Gasteiger partial charge in [0.2, 0.25) is 0 Å². The Morgan fingerprint density at radius 3 is 1.64 bits per heavy atom. The number of ether oxygens (including phenoxy) is 5. The summed E-state index contributed by atoms with van der Waals surface area (Å²) in [6, 6.07) is 0. The van der Waals surface area contributed by atoms with Gasteiger partial charge in [0.05, 0.1) is 46.2 Å². The highest BCUT2D eigenvalue weighted by molar-refractivity contribution is 9.09. The number of methoxy groups -OCH3 is 2. The lowest BCUT2D eigenvalue weighted by Crippen LogP contribution is -2.06. The molecule has 0 heterocycles. The van der Waals surface area contributed by atoms with E-state index >= 15 is 0 Å². The molecule has 0 saturated heterocycles. The fourth-order valence-corrected chi connectivity index (χ4v) is 2.05. The van der Waals surface area contributed by atoms with Gasteiger partial charge in [-0.3, -0.25) is 0 Å². The van der Waals surface area contributed by atoms with Crippen LogP contribution in [0.3, 0.4) is 0 Å². The van der Waals surface area contributed by atoms with E-state index in [-0.39, 0.29) is 21.5 Å². The van der Waals surface area contributed by atoms with Gasteiger partial charge in [0.25, 0.3) is 0 Å². The van der Waals surface area contributed by atoms with Gasteiger partial charge in [-0.25, -0.2) is 0 Å². The van der Waals surface area contributed by atoms with Crippen LogP contribution in [0.2, 0.25) is 0 Å². The average molecular weight is 453 g/mol. The molecule has 0 rings (SSSR count). The molecule has 0 aliphatic heterocycles. The molecule has 0 spiro atoms. The van der Waals surface area contributed by atoms with Crippen molar-refractivity contribution in [2.45, 2.75) is 21.3 Å². The summed E-state index contributed by atoms with van der Waals surface area (Å²) in [7, 11) is 3.33. The van der Waals surface area contributed by atoms with Gasteiger partial charge in [-0.05, 0) is 6.42 Å². The Labute approximate surface area is 168 Å². The maximum absolute atomic E-state index is 8.50. The van der Waals surface area contributed by atoms with Crippen LogP contribution >= 0.6 is 27.7 Å². The summed E-state index contributed by atoms with van der Waals surface area (Å²) in [6.07, 6.45) is 0.727. The molecule has 0 atom stereocenters. The maximum atomic E-state index is 8.50. The molecule has 0 unspecified atom stereocenters. The topological polar surface area (TPSA) is 66.4 Å². The van der Waals surface area contributed by atoms with Crippen molar-refractivity contribution in [2.24, 2.45) is 0 Å². The maximum Gasteiger partial charge on any atom is 0.0700 e. The Balaban J connectivity index is -0.000000190. The Kier molecular flexibility index (Phi) is 47.3. The Morgan fingerprint density at radius 2 is 1.20 bits per heavy atom. The molecule has 1 N–H and O–H groups in total. The molecular formula is C17H41BrO6S. The molecular weight excluding hydrogens is 412 g/mol. The third kappa shape index (κ3) is 40.6. The average Bonchev–Trinajstić information content (AvgIpc) is 2.57. The first-order valence-electron chi connectivity index (χ1n) is 7.79. The normalized spacial score (nSPS) is 9.60. The number of thioether (sulfide) groups is 1. The minimum Gasteiger partial charge on any atom is -0.396 e. The fraction of sp³-hybridized carbons (Fsp3) is 1.00. The molecule has 0 radical (unpaired) electrons. The van der Waals surface area contributed by atoms with E-state index in [4.69, 9.17) is 28.8 Å². The molecule has 0 aromatic rings. The minimum absolute atomic E-state index is 0. The van der Waals surface area contributed by atoms with Crippen LogP contribution in [0.4, 0.5) is 0 Å². The van der Waals surface area contributed by atoms with Gasteiger partial charge >= 0.3 is 0 Å². The van der Waals surface area contributed by atoms with Crippen LogP contribution < -0.4 is 0 Å². The SMILES string of the molecule is C.C.COCCOCCBr.COCCOCCSCCOCCCO. The minimum atomic E-state index is 0. The van der Waals surface area contributed by atoms with Crippen molar-refractivity contribution in [1.29, 1.82) is 0 Å². The van der Waals surface area contributed by atoms with Crippen molar-refractivity contribution in [2.75, 3.05) is 90.5 Å². The predicted octanol–water partition coefficient (Wildman–Crippen LogP) is 3.10. The summed E-state index contributed by atoms with van der Waals surface area (Å²) in [5.41, 5.74) is 0. The number of rotatable bonds is 17. The molecule has 0 amide bonds. The van der Waals surface area contributed by atoms with Gasteiger partial charge in [-0.2, -0.15) is 11.8 Å². The number of aliphatic hydroxyl groups is 1. The first kappa shape index (κ1) is 33.2. The number of aliphatic hydroxyl groups excluding tert-OH is 1. The van der Waals surface area contributed by atoms with Crippen molar-refractivity contribution in [3.8, 4) is 0 Å². The largest absolute Gasteiger partial charge is 0.396 e. The van der Waals surface area contributed by atoms with Crippen molar-refractivity contribution in [3.05, 3.63) is 0 Å². The molecule has 0 aromatic heterocycles. The zero-order valence-corrected chi connectivity index (χ0v) is 16.9. The van der Waals surface area contributed by atoms with Crippen LogP contribution in [0.5, 0.6) is 0 Å². The van der Waals surface area contributed by atoms with Gasteiger partial charge in [-0.1, -0.05) is 30.8 Å². The Bertz CT molecular complexity index is 175. The second kappa shape index (κ2) is 35.7. The first-order valence-corrected chi connectivity index (χ1v) is 10.1. The van der Waals surface area contributed by atoms with Gasteiger partial charge in [0.15, 0.2) is 0 Å². The standard InChI is InChI=1S/C10H22O4S.C5H11BrO2.2CH4/c1-12-5-6-14-8-10-15-9-7-13-4-2-3-11;1-7-4-5-8-3-2-6;;/h11H,2-10H2,1H3;2-5H2,1H3;2*1H4. The second-order valence-electron chi connectivity index (χ2n) is 4.20. The third-order valence-electron chi connectivity index (χ3n) is 2.28. The van der Waals surface area contributed by atoms with Crippen LogP contribution in [0, 0.1) is 0 Å². The lowest BCUT2D eigenvalue weighted by molar-refractivity contribution is 0.0789. The van der Waals surface area contributed by atoms with Gasteiger partial charge in [0, 0.05) is 44.3 Å². The van der Waals surface area contributed by atoms with Crippen molar-refractivity contribution >= 4 is 27.7 Å². The summed E-state index contributed by atoms with van der Waals surface area (Å²) in [4.78, 5) is 0. The van der Waals surface area contributed by atoms with Crippen LogP contribution in [0.25, 0.3) is 0 Å². The number of hydrogen-bond donors (Lipinski definition) is 1. The lowest BCUT2D eigenvalue weighted by Gasteiger charge is -2.04. The van der Waals surface area contributed by atoms with Gasteiger partial charge in [0.1, 0.15) is 0 Å². The second-order valence-corrected chi connectivity index (χ2v) is 6.22. The molecule has 0 saturated carbocycles. The van der Waals surface area contributed by atoms with E-state index in [9.17, 15) is 0 Å². The highest BCUT2D eigenvalue weighted by Gasteiger charge is 1.92. The van der Waals surface area contributed by atoms with Crippen molar-refractivity contribution in [3.63, 3.8) is 0 Å². The van der Waals surface area contributed by atoms with Crippen molar-refractivity contribution < 1.29 is 28.8 Å². The summed E-state index contributed by atoms with van der Waals surface area (Å²) in [5.74, 6) is 1.98. The van der Waals surface area contributed by atoms with E-state index in [1.165, 1.54) is 0 Å². The monoisotopic (exact) mass is 452 g/mol. The van der Waals surface area contributed by atoms with E-state index in [1.54, 1.807) is 14.2 Å². The molecule has 0 fully saturated rings. The Morgan fingerprint density at radius 1 is 0.720 bits per heavy atom. The molecule has 25 heavy (non-hydrogen) atoms. The summed E-state index contributed by atoms with van der Waals surface area (Å²) in [6.45, 7) is 5.87. The van der Waals surface area contributed by atoms with Gasteiger partial charge < -0.3 is 28.8 Å². The molecule has 0 aromatic carbocycles. The number of alkyl halides is 1.